The first-order chi connectivity index (χ1) is 9.15. The van der Waals surface area contributed by atoms with Crippen LogP contribution in [-0.2, 0) is 0 Å². The molecule has 4 heterocycles. The highest BCUT2D eigenvalue weighted by atomic mass is 15.2. The van der Waals surface area contributed by atoms with Crippen LogP contribution < -0.4 is 5.73 Å². The van der Waals surface area contributed by atoms with Crippen LogP contribution in [0.4, 0.5) is 0 Å². The summed E-state index contributed by atoms with van der Waals surface area (Å²) in [7, 11) is 0. The van der Waals surface area contributed by atoms with Crippen molar-refractivity contribution in [2.75, 3.05) is 19.6 Å². The third kappa shape index (κ3) is 2.56. The Morgan fingerprint density at radius 3 is 2.68 bits per heavy atom. The molecule has 3 aliphatic rings. The van der Waals surface area contributed by atoms with Crippen molar-refractivity contribution in [1.29, 1.82) is 0 Å². The zero-order valence-electron chi connectivity index (χ0n) is 12.1. The summed E-state index contributed by atoms with van der Waals surface area (Å²) in [5, 5.41) is 0. The molecule has 0 aliphatic carbocycles. The Hall–Kier alpha value is -0.870. The van der Waals surface area contributed by atoms with Crippen molar-refractivity contribution >= 4 is 0 Å². The predicted octanol–water partition coefficient (Wildman–Crippen LogP) is 2.20. The summed E-state index contributed by atoms with van der Waals surface area (Å²) >= 11 is 0. The van der Waals surface area contributed by atoms with E-state index in [1.807, 2.05) is 12.5 Å². The highest BCUT2D eigenvalue weighted by molar-refractivity contribution is 5.08. The molecule has 4 rings (SSSR count). The lowest BCUT2D eigenvalue weighted by Gasteiger charge is -2.45. The Balaban J connectivity index is 1.80. The average molecular weight is 262 g/mol. The van der Waals surface area contributed by atoms with Gasteiger partial charge in [0.25, 0.3) is 0 Å². The molecular formula is C15H26N4. The third-order valence-corrected chi connectivity index (χ3v) is 4.78. The number of fused-ring (bicyclic) bond motifs is 3. The van der Waals surface area contributed by atoms with Gasteiger partial charge in [0.15, 0.2) is 0 Å². The Morgan fingerprint density at radius 1 is 1.37 bits per heavy atom. The highest BCUT2D eigenvalue weighted by Gasteiger charge is 2.36. The molecule has 19 heavy (non-hydrogen) atoms. The molecule has 0 amide bonds. The molecule has 0 saturated carbocycles. The number of nitrogens with zero attached hydrogens (tertiary/aromatic N) is 3. The lowest BCUT2D eigenvalue weighted by Crippen LogP contribution is -2.48. The van der Waals surface area contributed by atoms with Crippen LogP contribution in [0.1, 0.15) is 50.9 Å². The summed E-state index contributed by atoms with van der Waals surface area (Å²) in [6.07, 6.45) is 7.68. The number of imidazole rings is 1. The minimum atomic E-state index is 0.123. The Labute approximate surface area is 116 Å². The third-order valence-electron chi connectivity index (χ3n) is 4.78. The van der Waals surface area contributed by atoms with Crippen LogP contribution in [0.2, 0.25) is 0 Å². The maximum Gasteiger partial charge on any atom is 0.0951 e. The molecule has 0 radical (unpaired) electrons. The minimum Gasteiger partial charge on any atom is -0.328 e. The van der Waals surface area contributed by atoms with E-state index in [9.17, 15) is 0 Å². The van der Waals surface area contributed by atoms with Crippen molar-refractivity contribution in [3.05, 3.63) is 18.2 Å². The fourth-order valence-corrected chi connectivity index (χ4v) is 3.76. The van der Waals surface area contributed by atoms with Gasteiger partial charge in [-0.3, -0.25) is 0 Å². The summed E-state index contributed by atoms with van der Waals surface area (Å²) < 4.78 is 2.38. The zero-order chi connectivity index (χ0) is 13.4. The number of piperidine rings is 3. The first-order valence-corrected chi connectivity index (χ1v) is 7.65. The van der Waals surface area contributed by atoms with Gasteiger partial charge in [-0.05, 0) is 44.2 Å². The molecule has 2 atom stereocenters. The average Bonchev–Trinajstić information content (AvgIpc) is 2.88. The van der Waals surface area contributed by atoms with Crippen molar-refractivity contribution in [3.8, 4) is 0 Å². The van der Waals surface area contributed by atoms with E-state index in [0.29, 0.717) is 12.0 Å². The van der Waals surface area contributed by atoms with Crippen molar-refractivity contribution < 1.29 is 0 Å². The van der Waals surface area contributed by atoms with E-state index in [1.54, 1.807) is 0 Å². The first kappa shape index (κ1) is 13.1. The van der Waals surface area contributed by atoms with Gasteiger partial charge in [0, 0.05) is 18.8 Å². The number of nitrogens with two attached hydrogens (primary N) is 1. The van der Waals surface area contributed by atoms with Crippen LogP contribution >= 0.6 is 0 Å². The topological polar surface area (TPSA) is 47.1 Å². The zero-order valence-corrected chi connectivity index (χ0v) is 12.1. The van der Waals surface area contributed by atoms with Crippen LogP contribution in [0, 0.1) is 11.8 Å². The van der Waals surface area contributed by atoms with E-state index >= 15 is 0 Å². The van der Waals surface area contributed by atoms with Crippen LogP contribution in [0.3, 0.4) is 0 Å². The van der Waals surface area contributed by atoms with Gasteiger partial charge in [0.05, 0.1) is 18.1 Å². The van der Waals surface area contributed by atoms with Gasteiger partial charge in [0.1, 0.15) is 0 Å². The molecule has 3 saturated heterocycles. The van der Waals surface area contributed by atoms with Crippen molar-refractivity contribution in [2.45, 2.75) is 45.2 Å². The van der Waals surface area contributed by atoms with Gasteiger partial charge in [-0.2, -0.15) is 0 Å². The van der Waals surface area contributed by atoms with Crippen LogP contribution in [0.15, 0.2) is 12.5 Å². The van der Waals surface area contributed by atoms with Crippen molar-refractivity contribution in [2.24, 2.45) is 17.6 Å². The maximum absolute atomic E-state index is 6.37. The van der Waals surface area contributed by atoms with Gasteiger partial charge in [0.2, 0.25) is 0 Å². The number of hydrogen-bond donors (Lipinski definition) is 1. The van der Waals surface area contributed by atoms with Gasteiger partial charge in [-0.15, -0.1) is 0 Å². The molecule has 2 N–H and O–H groups in total. The van der Waals surface area contributed by atoms with E-state index in [0.717, 1.165) is 12.3 Å². The second-order valence-electron chi connectivity index (χ2n) is 6.67. The summed E-state index contributed by atoms with van der Waals surface area (Å²) in [6, 6.07) is 0.719. The number of hydrogen-bond acceptors (Lipinski definition) is 3. The van der Waals surface area contributed by atoms with E-state index in [1.165, 1.54) is 38.2 Å². The Bertz CT molecular complexity index is 418. The largest absolute Gasteiger partial charge is 0.328 e. The van der Waals surface area contributed by atoms with Crippen molar-refractivity contribution in [3.63, 3.8) is 0 Å². The molecule has 3 fully saturated rings. The molecule has 4 nitrogen and oxygen atoms in total. The normalized spacial score (nSPS) is 31.9. The van der Waals surface area contributed by atoms with E-state index < -0.39 is 0 Å². The summed E-state index contributed by atoms with van der Waals surface area (Å²) in [6.45, 7) is 8.21. The van der Waals surface area contributed by atoms with Crippen LogP contribution in [0.5, 0.6) is 0 Å². The highest BCUT2D eigenvalue weighted by Crippen LogP contribution is 2.37. The molecule has 2 bridgehead atoms. The van der Waals surface area contributed by atoms with Gasteiger partial charge < -0.3 is 15.2 Å². The van der Waals surface area contributed by atoms with Gasteiger partial charge in [-0.1, -0.05) is 13.8 Å². The van der Waals surface area contributed by atoms with Gasteiger partial charge >= 0.3 is 0 Å². The standard InChI is InChI=1S/C15H26N4/c1-11(2)7-13(16)14-8-17-10-19(14)15-9-18-5-3-12(15)4-6-18/h8,10-13,15H,3-7,9,16H2,1-2H3. The van der Waals surface area contributed by atoms with E-state index in [2.05, 4.69) is 28.3 Å². The molecule has 4 heteroatoms. The Morgan fingerprint density at radius 2 is 2.11 bits per heavy atom. The second kappa shape index (κ2) is 5.25. The fourth-order valence-electron chi connectivity index (χ4n) is 3.76. The minimum absolute atomic E-state index is 0.123. The predicted molar refractivity (Wildman–Crippen MR) is 76.8 cm³/mol. The quantitative estimate of drug-likeness (QED) is 0.905. The van der Waals surface area contributed by atoms with Crippen molar-refractivity contribution in [1.82, 2.24) is 14.5 Å². The van der Waals surface area contributed by atoms with E-state index in [4.69, 9.17) is 5.73 Å². The molecule has 1 aromatic rings. The molecule has 106 valence electrons. The molecule has 2 unspecified atom stereocenters. The molecule has 1 aromatic heterocycles. The molecule has 0 spiro atoms. The monoisotopic (exact) mass is 262 g/mol. The maximum atomic E-state index is 6.37. The first-order valence-electron chi connectivity index (χ1n) is 7.65. The van der Waals surface area contributed by atoms with Crippen LogP contribution in [0.25, 0.3) is 0 Å². The lowest BCUT2D eigenvalue weighted by molar-refractivity contribution is 0.0552. The molecule has 3 aliphatic heterocycles. The molecular weight excluding hydrogens is 236 g/mol. The molecule has 0 aromatic carbocycles. The van der Waals surface area contributed by atoms with Crippen LogP contribution in [-0.4, -0.2) is 34.1 Å². The lowest BCUT2D eigenvalue weighted by atomic mass is 9.83. The number of aromatic nitrogens is 2. The Kier molecular flexibility index (Phi) is 3.63. The summed E-state index contributed by atoms with van der Waals surface area (Å²) in [4.78, 5) is 6.96. The fraction of sp³-hybridized carbons (Fsp3) is 0.800. The second-order valence-corrected chi connectivity index (χ2v) is 6.67. The number of rotatable bonds is 4. The van der Waals surface area contributed by atoms with E-state index in [-0.39, 0.29) is 6.04 Å². The summed E-state index contributed by atoms with van der Waals surface area (Å²) in [5.74, 6) is 1.45. The van der Waals surface area contributed by atoms with Gasteiger partial charge in [-0.25, -0.2) is 4.98 Å². The summed E-state index contributed by atoms with van der Waals surface area (Å²) in [5.41, 5.74) is 7.60. The smallest absolute Gasteiger partial charge is 0.0951 e. The SMILES string of the molecule is CC(C)CC(N)c1cncn1C1CN2CCC1CC2.